The van der Waals surface area contributed by atoms with Gasteiger partial charge in [0.1, 0.15) is 5.69 Å². The summed E-state index contributed by atoms with van der Waals surface area (Å²) in [7, 11) is 0. The van der Waals surface area contributed by atoms with E-state index in [1.54, 1.807) is 53.6 Å². The third-order valence-corrected chi connectivity index (χ3v) is 8.73. The van der Waals surface area contributed by atoms with Crippen LogP contribution in [0.25, 0.3) is 21.8 Å². The van der Waals surface area contributed by atoms with Crippen LogP contribution in [0.15, 0.2) is 60.8 Å². The topological polar surface area (TPSA) is 114 Å². The molecule has 7 rings (SSSR count). The number of pyridine rings is 1. The van der Waals surface area contributed by atoms with Gasteiger partial charge in [0.2, 0.25) is 5.75 Å². The molecule has 5 aromatic rings. The van der Waals surface area contributed by atoms with E-state index in [2.05, 4.69) is 9.97 Å². The summed E-state index contributed by atoms with van der Waals surface area (Å²) in [6.07, 6.45) is 1.62. The Kier molecular flexibility index (Phi) is 7.52. The number of rotatable bonds is 9. The summed E-state index contributed by atoms with van der Waals surface area (Å²) >= 11 is 6.51. The molecule has 2 aromatic heterocycles. The van der Waals surface area contributed by atoms with E-state index in [0.29, 0.717) is 82.8 Å². The van der Waals surface area contributed by atoms with Crippen molar-refractivity contribution in [2.45, 2.75) is 26.7 Å². The number of aromatic amines is 1. The van der Waals surface area contributed by atoms with Gasteiger partial charge in [-0.25, -0.2) is 4.90 Å². The molecule has 0 radical (unpaired) electrons. The maximum atomic E-state index is 14.4. The number of fused-ring (bicyclic) bond motifs is 5. The largest absolute Gasteiger partial charge is 0.490 e. The zero-order valence-electron chi connectivity index (χ0n) is 25.6. The quantitative estimate of drug-likeness (QED) is 0.141. The maximum Gasteiger partial charge on any atom is 0.274 e. The average molecular weight is 639 g/mol. The molecule has 1 unspecified atom stereocenters. The minimum Gasteiger partial charge on any atom is -0.490 e. The molecule has 1 N–H and O–H groups in total. The highest BCUT2D eigenvalue weighted by molar-refractivity contribution is 6.36. The number of benzene rings is 3. The number of aromatic nitrogens is 2. The summed E-state index contributed by atoms with van der Waals surface area (Å²) in [5, 5.41) is 1.45. The molecule has 4 heterocycles. The summed E-state index contributed by atoms with van der Waals surface area (Å²) in [4.78, 5) is 52.2. The van der Waals surface area contributed by atoms with Crippen LogP contribution in [0.4, 0.5) is 11.4 Å². The van der Waals surface area contributed by atoms with E-state index in [0.717, 1.165) is 21.2 Å². The van der Waals surface area contributed by atoms with Gasteiger partial charge >= 0.3 is 0 Å². The molecular formula is C35H31ClN4O6. The Labute approximate surface area is 269 Å². The normalized spacial score (nSPS) is 15.5. The molecule has 11 heteroatoms. The van der Waals surface area contributed by atoms with Gasteiger partial charge in [-0.1, -0.05) is 18.2 Å². The lowest BCUT2D eigenvalue weighted by atomic mass is 9.97. The van der Waals surface area contributed by atoms with Gasteiger partial charge < -0.3 is 24.1 Å². The fraction of sp³-hybridized carbons (Fsp3) is 0.257. The Morgan fingerprint density at radius 3 is 2.28 bits per heavy atom. The highest BCUT2D eigenvalue weighted by Crippen LogP contribution is 2.48. The van der Waals surface area contributed by atoms with Crippen LogP contribution in [0.5, 0.6) is 17.2 Å². The number of carbonyl (C=O) groups excluding carboxylic acids is 3. The molecule has 0 saturated carbocycles. The molecule has 0 bridgehead atoms. The molecule has 0 saturated heterocycles. The SMILES string of the molecule is CCOc1cc2cc(C(=O)N3CC(CCl)c4c3cc(N3C(=O)c5ccccc5C3=O)c3ncccc43)[nH]c2c(OCC)c1OCC. The predicted octanol–water partition coefficient (Wildman–Crippen LogP) is 6.70. The zero-order chi connectivity index (χ0) is 32.1. The number of hydrogen-bond acceptors (Lipinski definition) is 7. The summed E-state index contributed by atoms with van der Waals surface area (Å²) in [5.41, 5.74) is 3.79. The number of anilines is 2. The molecule has 0 aliphatic carbocycles. The number of halogens is 1. The third-order valence-electron chi connectivity index (χ3n) is 8.36. The second-order valence-corrected chi connectivity index (χ2v) is 11.3. The first-order valence-electron chi connectivity index (χ1n) is 15.3. The standard InChI is InChI=1S/C35H31ClN4O6/c1-4-44-27-15-19-14-24(38-29(19)32(46-6-3)31(27)45-5-2)35(43)39-18-20(17-36)28-23-12-9-13-37-30(23)26(16-25(28)39)40-33(41)21-10-7-8-11-22(21)34(40)42/h7-16,20,38H,4-6,17-18H2,1-3H3. The predicted molar refractivity (Wildman–Crippen MR) is 176 cm³/mol. The highest BCUT2D eigenvalue weighted by atomic mass is 35.5. The Morgan fingerprint density at radius 2 is 1.61 bits per heavy atom. The van der Waals surface area contributed by atoms with E-state index < -0.39 is 11.8 Å². The molecule has 0 fully saturated rings. The second kappa shape index (κ2) is 11.7. The molecule has 2 aliphatic heterocycles. The van der Waals surface area contributed by atoms with Crippen LogP contribution in [-0.4, -0.2) is 59.9 Å². The van der Waals surface area contributed by atoms with Gasteiger partial charge in [-0.3, -0.25) is 19.4 Å². The number of carbonyl (C=O) groups is 3. The van der Waals surface area contributed by atoms with Gasteiger partial charge in [-0.05, 0) is 62.7 Å². The number of nitrogens with zero attached hydrogens (tertiary/aromatic N) is 3. The average Bonchev–Trinajstić information content (AvgIpc) is 3.74. The van der Waals surface area contributed by atoms with E-state index >= 15 is 0 Å². The number of amides is 3. The Bertz CT molecular complexity index is 2020. The van der Waals surface area contributed by atoms with Crippen molar-refractivity contribution >= 4 is 62.5 Å². The monoisotopic (exact) mass is 638 g/mol. The number of alkyl halides is 1. The molecule has 3 amide bonds. The summed E-state index contributed by atoms with van der Waals surface area (Å²) < 4.78 is 17.8. The molecule has 3 aromatic carbocycles. The van der Waals surface area contributed by atoms with Crippen LogP contribution in [0, 0.1) is 0 Å². The summed E-state index contributed by atoms with van der Waals surface area (Å²) in [6, 6.07) is 15.7. The van der Waals surface area contributed by atoms with Crippen molar-refractivity contribution in [2.24, 2.45) is 0 Å². The number of imide groups is 1. The number of nitrogens with one attached hydrogen (secondary N) is 1. The molecule has 1 atom stereocenters. The van der Waals surface area contributed by atoms with E-state index in [-0.39, 0.29) is 17.7 Å². The van der Waals surface area contributed by atoms with Crippen molar-refractivity contribution in [3.8, 4) is 17.2 Å². The van der Waals surface area contributed by atoms with Crippen LogP contribution in [0.3, 0.4) is 0 Å². The highest BCUT2D eigenvalue weighted by Gasteiger charge is 2.41. The zero-order valence-corrected chi connectivity index (χ0v) is 26.3. The van der Waals surface area contributed by atoms with Crippen LogP contribution < -0.4 is 24.0 Å². The van der Waals surface area contributed by atoms with Gasteiger partial charge in [0.25, 0.3) is 17.7 Å². The number of hydrogen-bond donors (Lipinski definition) is 1. The van der Waals surface area contributed by atoms with E-state index in [1.165, 1.54) is 0 Å². The molecule has 234 valence electrons. The van der Waals surface area contributed by atoms with Gasteiger partial charge in [-0.2, -0.15) is 0 Å². The molecule has 46 heavy (non-hydrogen) atoms. The fourth-order valence-electron chi connectivity index (χ4n) is 6.49. The molecule has 0 spiro atoms. The Balaban J connectivity index is 1.37. The first kappa shape index (κ1) is 29.6. The van der Waals surface area contributed by atoms with E-state index in [1.807, 2.05) is 32.9 Å². The fourth-order valence-corrected chi connectivity index (χ4v) is 6.74. The van der Waals surface area contributed by atoms with Gasteiger partial charge in [0.05, 0.1) is 53.4 Å². The Morgan fingerprint density at radius 1 is 0.913 bits per heavy atom. The lowest BCUT2D eigenvalue weighted by Gasteiger charge is -2.21. The van der Waals surface area contributed by atoms with Crippen LogP contribution in [-0.2, 0) is 0 Å². The lowest BCUT2D eigenvalue weighted by molar-refractivity contribution is 0.0925. The first-order valence-corrected chi connectivity index (χ1v) is 15.8. The molecule has 10 nitrogen and oxygen atoms in total. The third kappa shape index (κ3) is 4.47. The van der Waals surface area contributed by atoms with Crippen molar-refractivity contribution in [3.63, 3.8) is 0 Å². The summed E-state index contributed by atoms with van der Waals surface area (Å²) in [6.45, 7) is 7.16. The van der Waals surface area contributed by atoms with Gasteiger partial charge in [0.15, 0.2) is 11.5 Å². The molecule has 2 aliphatic rings. The number of ether oxygens (including phenoxy) is 3. The smallest absolute Gasteiger partial charge is 0.274 e. The minimum absolute atomic E-state index is 0.207. The van der Waals surface area contributed by atoms with Gasteiger partial charge in [0, 0.05) is 35.3 Å². The van der Waals surface area contributed by atoms with Crippen molar-refractivity contribution in [2.75, 3.05) is 42.0 Å². The van der Waals surface area contributed by atoms with Crippen molar-refractivity contribution in [1.82, 2.24) is 9.97 Å². The molecular weight excluding hydrogens is 608 g/mol. The lowest BCUT2D eigenvalue weighted by Crippen LogP contribution is -2.31. The van der Waals surface area contributed by atoms with E-state index in [9.17, 15) is 14.4 Å². The van der Waals surface area contributed by atoms with E-state index in [4.69, 9.17) is 25.8 Å². The van der Waals surface area contributed by atoms with Crippen molar-refractivity contribution in [3.05, 3.63) is 83.2 Å². The van der Waals surface area contributed by atoms with Gasteiger partial charge in [-0.15, -0.1) is 11.6 Å². The minimum atomic E-state index is -0.438. The van der Waals surface area contributed by atoms with Crippen LogP contribution in [0.2, 0.25) is 0 Å². The van der Waals surface area contributed by atoms with Crippen molar-refractivity contribution in [1.29, 1.82) is 0 Å². The first-order chi connectivity index (χ1) is 22.4. The number of H-pyrrole nitrogens is 1. The van der Waals surface area contributed by atoms with Crippen molar-refractivity contribution < 1.29 is 28.6 Å². The van der Waals surface area contributed by atoms with Crippen LogP contribution >= 0.6 is 11.6 Å². The summed E-state index contributed by atoms with van der Waals surface area (Å²) in [5.74, 6) is 0.326. The van der Waals surface area contributed by atoms with Crippen LogP contribution in [0.1, 0.15) is 63.5 Å². The Hall–Kier alpha value is -5.09. The second-order valence-electron chi connectivity index (χ2n) is 11.0. The maximum absolute atomic E-state index is 14.4.